The van der Waals surface area contributed by atoms with E-state index in [1.807, 2.05) is 19.1 Å². The van der Waals surface area contributed by atoms with Crippen molar-refractivity contribution in [1.82, 2.24) is 4.90 Å². The number of anilines is 1. The van der Waals surface area contributed by atoms with Gasteiger partial charge in [0.05, 0.1) is 4.91 Å². The number of carbonyl (C=O) groups is 1. The molecule has 0 unspecified atom stereocenters. The van der Waals surface area contributed by atoms with E-state index in [0.717, 1.165) is 36.3 Å². The smallest absolute Gasteiger partial charge is 0.266 e. The zero-order chi connectivity index (χ0) is 20.5. The van der Waals surface area contributed by atoms with Crippen molar-refractivity contribution in [2.45, 2.75) is 19.8 Å². The number of aliphatic imine (C=N–C) groups is 1. The molecule has 150 valence electrons. The molecule has 2 fully saturated rings. The molecule has 0 N–H and O–H groups in total. The van der Waals surface area contributed by atoms with Crippen LogP contribution in [0.5, 0.6) is 0 Å². The topological polar surface area (TPSA) is 35.9 Å². The molecule has 2 heterocycles. The van der Waals surface area contributed by atoms with Crippen LogP contribution in [0.1, 0.15) is 24.0 Å². The molecule has 7 heteroatoms. The third-order valence-electron chi connectivity index (χ3n) is 5.14. The molecule has 0 saturated carbocycles. The molecule has 0 aliphatic carbocycles. The number of likely N-dealkylation sites (N-methyl/N-ethyl adjacent to an activating group) is 1. The first-order valence-electron chi connectivity index (χ1n) is 9.49. The maximum atomic E-state index is 13.9. The molecule has 1 amide bonds. The number of hydrogen-bond acceptors (Lipinski definition) is 4. The number of benzene rings is 2. The lowest BCUT2D eigenvalue weighted by Gasteiger charge is -2.18. The van der Waals surface area contributed by atoms with E-state index in [1.54, 1.807) is 7.05 Å². The van der Waals surface area contributed by atoms with E-state index in [4.69, 9.17) is 0 Å². The molecular weight excluding hydrogens is 392 g/mol. The van der Waals surface area contributed by atoms with E-state index < -0.39 is 11.6 Å². The maximum absolute atomic E-state index is 13.9. The summed E-state index contributed by atoms with van der Waals surface area (Å²) in [4.78, 5) is 21.1. The summed E-state index contributed by atoms with van der Waals surface area (Å²) in [6, 6.07) is 9.45. The van der Waals surface area contributed by atoms with Crippen molar-refractivity contribution in [3.63, 3.8) is 0 Å². The first-order valence-corrected chi connectivity index (χ1v) is 10.3. The second-order valence-corrected chi connectivity index (χ2v) is 8.21. The first kappa shape index (κ1) is 19.6. The first-order chi connectivity index (χ1) is 13.9. The minimum absolute atomic E-state index is 0.000877. The molecule has 4 rings (SSSR count). The van der Waals surface area contributed by atoms with E-state index >= 15 is 0 Å². The molecule has 0 spiro atoms. The van der Waals surface area contributed by atoms with Gasteiger partial charge in [-0.3, -0.25) is 9.69 Å². The van der Waals surface area contributed by atoms with Crippen molar-refractivity contribution in [3.8, 4) is 0 Å². The third kappa shape index (κ3) is 4.05. The average molecular weight is 413 g/mol. The normalized spacial score (nSPS) is 19.8. The minimum atomic E-state index is -0.760. The van der Waals surface area contributed by atoms with Crippen LogP contribution < -0.4 is 4.90 Å². The van der Waals surface area contributed by atoms with Crippen LogP contribution in [0.15, 0.2) is 46.3 Å². The maximum Gasteiger partial charge on any atom is 0.266 e. The Balaban J connectivity index is 1.59. The number of nitrogens with zero attached hydrogens (tertiary/aromatic N) is 3. The zero-order valence-electron chi connectivity index (χ0n) is 16.3. The molecule has 2 aromatic rings. The number of carbonyl (C=O) groups excluding carboxylic acids is 1. The fourth-order valence-electron chi connectivity index (χ4n) is 3.46. The molecule has 0 aromatic heterocycles. The summed E-state index contributed by atoms with van der Waals surface area (Å²) in [7, 11) is 1.60. The van der Waals surface area contributed by atoms with Gasteiger partial charge in [0.2, 0.25) is 0 Å². The molecule has 2 aliphatic heterocycles. The van der Waals surface area contributed by atoms with E-state index in [0.29, 0.717) is 10.1 Å². The van der Waals surface area contributed by atoms with E-state index in [2.05, 4.69) is 22.0 Å². The van der Waals surface area contributed by atoms with E-state index in [9.17, 15) is 13.6 Å². The van der Waals surface area contributed by atoms with E-state index in [-0.39, 0.29) is 11.6 Å². The Labute approximate surface area is 172 Å². The van der Waals surface area contributed by atoms with Crippen molar-refractivity contribution in [3.05, 3.63) is 64.1 Å². The van der Waals surface area contributed by atoms with Gasteiger partial charge in [-0.2, -0.15) is 0 Å². The standard InChI is InChI=1S/C22H21F2N3OS/c1-14-11-17(27-9-3-4-10-27)7-5-15(14)12-20-21(28)26(2)22(29-20)25-19-8-6-16(23)13-18(19)24/h5-8,11-13H,3-4,9-10H2,1-2H3/b20-12-,25-22?. The second-order valence-electron chi connectivity index (χ2n) is 7.20. The number of hydrogen-bond donors (Lipinski definition) is 0. The van der Waals surface area contributed by atoms with Crippen molar-refractivity contribution >= 4 is 40.3 Å². The van der Waals surface area contributed by atoms with Gasteiger partial charge in [-0.05, 0) is 73.0 Å². The van der Waals surface area contributed by atoms with Gasteiger partial charge in [-0.25, -0.2) is 13.8 Å². The molecule has 4 nitrogen and oxygen atoms in total. The van der Waals surface area contributed by atoms with Gasteiger partial charge < -0.3 is 4.90 Å². The lowest BCUT2D eigenvalue weighted by Crippen LogP contribution is -2.23. The van der Waals surface area contributed by atoms with Gasteiger partial charge in [0.1, 0.15) is 11.5 Å². The van der Waals surface area contributed by atoms with Crippen LogP contribution in [0, 0.1) is 18.6 Å². The van der Waals surface area contributed by atoms with Crippen molar-refractivity contribution in [2.75, 3.05) is 25.0 Å². The Morgan fingerprint density at radius 2 is 1.86 bits per heavy atom. The number of thioether (sulfide) groups is 1. The van der Waals surface area contributed by atoms with Gasteiger partial charge in [-0.15, -0.1) is 0 Å². The largest absolute Gasteiger partial charge is 0.372 e. The number of aryl methyl sites for hydroxylation is 1. The summed E-state index contributed by atoms with van der Waals surface area (Å²) in [6.45, 7) is 4.19. The van der Waals surface area contributed by atoms with Crippen LogP contribution in [0.2, 0.25) is 0 Å². The van der Waals surface area contributed by atoms with Crippen LogP contribution in [0.3, 0.4) is 0 Å². The van der Waals surface area contributed by atoms with Gasteiger partial charge in [0.15, 0.2) is 11.0 Å². The quantitative estimate of drug-likeness (QED) is 0.657. The fourth-order valence-corrected chi connectivity index (χ4v) is 4.43. The summed E-state index contributed by atoms with van der Waals surface area (Å²) < 4.78 is 27.0. The predicted octanol–water partition coefficient (Wildman–Crippen LogP) is 5.11. The molecule has 0 atom stereocenters. The highest BCUT2D eigenvalue weighted by Crippen LogP contribution is 2.34. The highest BCUT2D eigenvalue weighted by atomic mass is 32.2. The molecular formula is C22H21F2N3OS. The lowest BCUT2D eigenvalue weighted by molar-refractivity contribution is -0.121. The van der Waals surface area contributed by atoms with Crippen LogP contribution >= 0.6 is 11.8 Å². The highest BCUT2D eigenvalue weighted by molar-refractivity contribution is 8.18. The summed E-state index contributed by atoms with van der Waals surface area (Å²) in [5.74, 6) is -1.62. The number of halogens is 2. The monoisotopic (exact) mass is 413 g/mol. The molecule has 0 radical (unpaired) electrons. The molecule has 2 aromatic carbocycles. The number of amides is 1. The Kier molecular flexibility index (Phi) is 5.41. The Morgan fingerprint density at radius 1 is 1.10 bits per heavy atom. The number of amidine groups is 1. The highest BCUT2D eigenvalue weighted by Gasteiger charge is 2.30. The van der Waals surface area contributed by atoms with E-state index in [1.165, 1.54) is 41.3 Å². The molecule has 29 heavy (non-hydrogen) atoms. The summed E-state index contributed by atoms with van der Waals surface area (Å²) in [5.41, 5.74) is 3.26. The van der Waals surface area contributed by atoms with Crippen LogP contribution in [0.25, 0.3) is 6.08 Å². The van der Waals surface area contributed by atoms with Crippen LogP contribution in [-0.4, -0.2) is 36.1 Å². The van der Waals surface area contributed by atoms with Crippen LogP contribution in [-0.2, 0) is 4.79 Å². The average Bonchev–Trinajstić information content (AvgIpc) is 3.31. The second kappa shape index (κ2) is 7.99. The summed E-state index contributed by atoms with van der Waals surface area (Å²) in [5, 5.41) is 0.359. The Morgan fingerprint density at radius 3 is 2.55 bits per heavy atom. The summed E-state index contributed by atoms with van der Waals surface area (Å²) >= 11 is 1.18. The van der Waals surface area contributed by atoms with Gasteiger partial charge in [0.25, 0.3) is 5.91 Å². The Bertz CT molecular complexity index is 1030. The SMILES string of the molecule is Cc1cc(N2CCCC2)ccc1/C=C1\SC(=Nc2ccc(F)cc2F)N(C)C1=O. The Hall–Kier alpha value is -2.67. The molecule has 2 aliphatic rings. The minimum Gasteiger partial charge on any atom is -0.372 e. The van der Waals surface area contributed by atoms with Gasteiger partial charge >= 0.3 is 0 Å². The molecule has 2 saturated heterocycles. The van der Waals surface area contributed by atoms with Crippen LogP contribution in [0.4, 0.5) is 20.2 Å². The zero-order valence-corrected chi connectivity index (χ0v) is 17.1. The van der Waals surface area contributed by atoms with Crippen molar-refractivity contribution in [2.24, 2.45) is 4.99 Å². The van der Waals surface area contributed by atoms with Gasteiger partial charge in [-0.1, -0.05) is 6.07 Å². The summed E-state index contributed by atoms with van der Waals surface area (Å²) in [6.07, 6.45) is 4.29. The predicted molar refractivity (Wildman–Crippen MR) is 114 cm³/mol. The van der Waals surface area contributed by atoms with Crippen molar-refractivity contribution in [1.29, 1.82) is 0 Å². The third-order valence-corrected chi connectivity index (χ3v) is 6.20. The fraction of sp³-hybridized carbons (Fsp3) is 0.273. The molecule has 0 bridgehead atoms. The van der Waals surface area contributed by atoms with Gasteiger partial charge in [0, 0.05) is 31.9 Å². The lowest BCUT2D eigenvalue weighted by atomic mass is 10.1. The number of rotatable bonds is 3. The van der Waals surface area contributed by atoms with Crippen molar-refractivity contribution < 1.29 is 13.6 Å².